The number of carbonyl (C=O) groups excluding carboxylic acids is 3. The van der Waals surface area contributed by atoms with Gasteiger partial charge in [-0.3, -0.25) is 19.3 Å². The highest BCUT2D eigenvalue weighted by Crippen LogP contribution is 2.35. The van der Waals surface area contributed by atoms with Gasteiger partial charge in [0, 0.05) is 51.7 Å². The minimum atomic E-state index is -1.25. The van der Waals surface area contributed by atoms with Gasteiger partial charge in [0.25, 0.3) is 5.91 Å². The molecule has 1 aromatic heterocycles. The van der Waals surface area contributed by atoms with Crippen molar-refractivity contribution < 1.29 is 47.3 Å². The van der Waals surface area contributed by atoms with Gasteiger partial charge in [-0.2, -0.15) is 0 Å². The van der Waals surface area contributed by atoms with Crippen molar-refractivity contribution in [2.45, 2.75) is 57.7 Å². The summed E-state index contributed by atoms with van der Waals surface area (Å²) in [6, 6.07) is 9.96. The lowest BCUT2D eigenvalue weighted by Crippen LogP contribution is -2.59. The number of carboxylic acid groups (broad SMARTS) is 1. The fourth-order valence-corrected chi connectivity index (χ4v) is 6.91. The first-order valence-electron chi connectivity index (χ1n) is 18.1. The molecular weight excluding hydrogens is 692 g/mol. The quantitative estimate of drug-likeness (QED) is 0.218. The SMILES string of the molecule is C[C@@H](C(=O)N[C@H](C(=O)N1CCN(C(=O)c2c(OCCOCCOCc3ccccc3)c3cc(F)c(F)cc3n2C)CC1)C1CCCCC1)N(C)C(=O)O. The zero-order chi connectivity index (χ0) is 38.1. The van der Waals surface area contributed by atoms with Crippen LogP contribution in [-0.4, -0.2) is 120 Å². The topological polar surface area (TPSA) is 143 Å². The molecule has 0 radical (unpaired) electrons. The number of fused-ring (bicyclic) bond motifs is 1. The van der Waals surface area contributed by atoms with Crippen LogP contribution in [0.3, 0.4) is 0 Å². The normalized spacial score (nSPS) is 16.3. The number of rotatable bonds is 15. The van der Waals surface area contributed by atoms with Gasteiger partial charge in [0.15, 0.2) is 23.1 Å². The average molecular weight is 742 g/mol. The lowest BCUT2D eigenvalue weighted by molar-refractivity contribution is -0.140. The number of aromatic nitrogens is 1. The van der Waals surface area contributed by atoms with Crippen LogP contribution in [0.25, 0.3) is 10.9 Å². The third-order valence-corrected chi connectivity index (χ3v) is 10.2. The Morgan fingerprint density at radius 1 is 0.906 bits per heavy atom. The molecule has 0 spiro atoms. The van der Waals surface area contributed by atoms with Crippen LogP contribution in [0.4, 0.5) is 13.6 Å². The number of likely N-dealkylation sites (N-methyl/N-ethyl adjacent to an activating group) is 1. The van der Waals surface area contributed by atoms with Crippen LogP contribution in [0.2, 0.25) is 0 Å². The Hall–Kier alpha value is -4.76. The molecule has 1 saturated carbocycles. The third-order valence-electron chi connectivity index (χ3n) is 10.2. The number of piperazine rings is 1. The Balaban J connectivity index is 1.22. The lowest BCUT2D eigenvalue weighted by Gasteiger charge is -2.39. The fraction of sp³-hybridized carbons (Fsp3) is 0.526. The molecule has 1 aliphatic heterocycles. The van der Waals surface area contributed by atoms with Gasteiger partial charge >= 0.3 is 6.09 Å². The molecule has 15 heteroatoms. The van der Waals surface area contributed by atoms with Crippen molar-refractivity contribution in [1.29, 1.82) is 0 Å². The molecule has 2 aromatic carbocycles. The summed E-state index contributed by atoms with van der Waals surface area (Å²) in [5.41, 5.74) is 1.44. The van der Waals surface area contributed by atoms with Crippen molar-refractivity contribution in [3.63, 3.8) is 0 Å². The zero-order valence-corrected chi connectivity index (χ0v) is 30.5. The predicted octanol–water partition coefficient (Wildman–Crippen LogP) is 4.42. The molecule has 2 N–H and O–H groups in total. The van der Waals surface area contributed by atoms with Gasteiger partial charge in [-0.25, -0.2) is 13.6 Å². The first-order valence-corrected chi connectivity index (χ1v) is 18.1. The monoisotopic (exact) mass is 741 g/mol. The van der Waals surface area contributed by atoms with Gasteiger partial charge in [-0.15, -0.1) is 0 Å². The maximum absolute atomic E-state index is 14.5. The van der Waals surface area contributed by atoms with E-state index in [0.717, 1.165) is 54.7 Å². The molecule has 2 fully saturated rings. The Morgan fingerprint density at radius 2 is 1.53 bits per heavy atom. The van der Waals surface area contributed by atoms with Crippen molar-refractivity contribution in [2.75, 3.05) is 59.7 Å². The molecule has 53 heavy (non-hydrogen) atoms. The molecule has 3 aromatic rings. The highest BCUT2D eigenvalue weighted by Gasteiger charge is 2.38. The first kappa shape index (κ1) is 39.4. The van der Waals surface area contributed by atoms with E-state index in [1.807, 2.05) is 30.3 Å². The second-order valence-corrected chi connectivity index (χ2v) is 13.6. The van der Waals surface area contributed by atoms with Crippen molar-refractivity contribution in [3.8, 4) is 5.75 Å². The van der Waals surface area contributed by atoms with Gasteiger partial charge < -0.3 is 39.0 Å². The highest BCUT2D eigenvalue weighted by molar-refractivity contribution is 6.04. The standard InChI is InChI=1S/C38H49F2N5O8/c1-25(42(2)38(49)50)35(46)41-32(27-12-8-5-9-13-27)36(47)44-14-16-45(17-15-44)37(48)33-34(28-22-29(39)30(40)23-31(28)43(33)3)53-21-20-51-18-19-52-24-26-10-6-4-7-11-26/h4,6-7,10-11,22-23,25,27,32H,5,8-9,12-21,24H2,1-3H3,(H,41,46)(H,49,50)/t25-,32-/m0/s1. The number of aryl methyl sites for hydroxylation is 1. The van der Waals surface area contributed by atoms with Crippen LogP contribution in [0.1, 0.15) is 55.1 Å². The van der Waals surface area contributed by atoms with E-state index in [2.05, 4.69) is 5.32 Å². The zero-order valence-electron chi connectivity index (χ0n) is 30.5. The van der Waals surface area contributed by atoms with Crippen LogP contribution in [0.15, 0.2) is 42.5 Å². The van der Waals surface area contributed by atoms with E-state index in [0.29, 0.717) is 19.8 Å². The summed E-state index contributed by atoms with van der Waals surface area (Å²) >= 11 is 0. The van der Waals surface area contributed by atoms with E-state index in [1.54, 1.807) is 16.8 Å². The molecule has 5 rings (SSSR count). The number of nitrogens with one attached hydrogen (secondary N) is 1. The minimum Gasteiger partial charge on any atom is -0.488 e. The van der Waals surface area contributed by atoms with E-state index < -0.39 is 41.6 Å². The van der Waals surface area contributed by atoms with Gasteiger partial charge in [0.05, 0.1) is 31.9 Å². The summed E-state index contributed by atoms with van der Waals surface area (Å²) in [5, 5.41) is 12.4. The molecule has 1 saturated heterocycles. The number of ether oxygens (including phenoxy) is 3. The summed E-state index contributed by atoms with van der Waals surface area (Å²) < 4.78 is 47.6. The second kappa shape index (κ2) is 18.3. The highest BCUT2D eigenvalue weighted by atomic mass is 19.2. The number of hydrogen-bond donors (Lipinski definition) is 2. The van der Waals surface area contributed by atoms with Gasteiger partial charge in [0.1, 0.15) is 18.7 Å². The summed E-state index contributed by atoms with van der Waals surface area (Å²) in [6.07, 6.45) is 3.16. The molecule has 2 aliphatic rings. The minimum absolute atomic E-state index is 0.0362. The summed E-state index contributed by atoms with van der Waals surface area (Å²) in [7, 11) is 2.89. The summed E-state index contributed by atoms with van der Waals surface area (Å²) in [5.74, 6) is -3.37. The van der Waals surface area contributed by atoms with Crippen molar-refractivity contribution in [1.82, 2.24) is 24.6 Å². The van der Waals surface area contributed by atoms with Crippen LogP contribution in [0, 0.1) is 17.6 Å². The summed E-state index contributed by atoms with van der Waals surface area (Å²) in [4.78, 5) is 56.7. The Morgan fingerprint density at radius 3 is 2.21 bits per heavy atom. The molecule has 0 bridgehead atoms. The van der Waals surface area contributed by atoms with E-state index in [9.17, 15) is 33.1 Å². The van der Waals surface area contributed by atoms with Gasteiger partial charge in [-0.05, 0) is 37.3 Å². The van der Waals surface area contributed by atoms with Crippen molar-refractivity contribution >= 4 is 34.7 Å². The van der Waals surface area contributed by atoms with E-state index in [1.165, 1.54) is 18.5 Å². The lowest BCUT2D eigenvalue weighted by atomic mass is 9.83. The Kier molecular flexibility index (Phi) is 13.6. The van der Waals surface area contributed by atoms with Crippen molar-refractivity contribution in [3.05, 3.63) is 65.4 Å². The van der Waals surface area contributed by atoms with E-state index in [-0.39, 0.29) is 73.6 Å². The molecule has 4 amide bonds. The van der Waals surface area contributed by atoms with Gasteiger partial charge in [-0.1, -0.05) is 49.6 Å². The van der Waals surface area contributed by atoms with E-state index >= 15 is 0 Å². The largest absolute Gasteiger partial charge is 0.488 e. The maximum Gasteiger partial charge on any atom is 0.407 e. The van der Waals surface area contributed by atoms with Crippen LogP contribution in [-0.2, 0) is 32.7 Å². The predicted molar refractivity (Wildman–Crippen MR) is 191 cm³/mol. The summed E-state index contributed by atoms with van der Waals surface area (Å²) in [6.45, 7) is 3.52. The molecule has 13 nitrogen and oxygen atoms in total. The number of carbonyl (C=O) groups is 4. The van der Waals surface area contributed by atoms with Crippen LogP contribution < -0.4 is 10.1 Å². The van der Waals surface area contributed by atoms with Gasteiger partial charge in [0.2, 0.25) is 11.8 Å². The number of halogens is 2. The average Bonchev–Trinajstić information content (AvgIpc) is 3.43. The van der Waals surface area contributed by atoms with Crippen LogP contribution >= 0.6 is 0 Å². The van der Waals surface area contributed by atoms with E-state index in [4.69, 9.17) is 14.2 Å². The molecular formula is C38H49F2N5O8. The maximum atomic E-state index is 14.5. The number of benzene rings is 2. The number of hydrogen-bond acceptors (Lipinski definition) is 7. The molecule has 2 heterocycles. The number of nitrogens with zero attached hydrogens (tertiary/aromatic N) is 4. The fourth-order valence-electron chi connectivity index (χ4n) is 6.91. The molecule has 288 valence electrons. The van der Waals surface area contributed by atoms with Crippen LogP contribution in [0.5, 0.6) is 5.75 Å². The first-order chi connectivity index (χ1) is 25.5. The third kappa shape index (κ3) is 9.62. The van der Waals surface area contributed by atoms with Crippen molar-refractivity contribution in [2.24, 2.45) is 13.0 Å². The second-order valence-electron chi connectivity index (χ2n) is 13.6. The Bertz CT molecular complexity index is 1740. The Labute approximate surface area is 307 Å². The molecule has 1 aliphatic carbocycles. The molecule has 0 unspecified atom stereocenters. The smallest absolute Gasteiger partial charge is 0.407 e. The molecule has 2 atom stereocenters. The number of amides is 4.